The number of carbonyl (C=O) groups excluding carboxylic acids is 1. The quantitative estimate of drug-likeness (QED) is 0.569. The van der Waals surface area contributed by atoms with Crippen LogP contribution in [0.4, 0.5) is 11.5 Å². The highest BCUT2D eigenvalue weighted by atomic mass is 35.5. The van der Waals surface area contributed by atoms with E-state index in [4.69, 9.17) is 11.6 Å². The molecular formula is C26H31ClN6O. The van der Waals surface area contributed by atoms with Gasteiger partial charge in [0, 0.05) is 69.2 Å². The van der Waals surface area contributed by atoms with Crippen LogP contribution in [0.1, 0.15) is 24.3 Å². The number of halogens is 1. The molecule has 0 aliphatic carbocycles. The van der Waals surface area contributed by atoms with Crippen molar-refractivity contribution < 1.29 is 4.79 Å². The normalized spacial score (nSPS) is 17.6. The Morgan fingerprint density at radius 3 is 2.09 bits per heavy atom. The molecule has 2 aliphatic rings. The summed E-state index contributed by atoms with van der Waals surface area (Å²) < 4.78 is 0. The lowest BCUT2D eigenvalue weighted by molar-refractivity contribution is 0.0591. The van der Waals surface area contributed by atoms with Crippen LogP contribution in [0.25, 0.3) is 10.8 Å². The number of amides is 1. The van der Waals surface area contributed by atoms with E-state index in [1.54, 1.807) is 0 Å². The van der Waals surface area contributed by atoms with Crippen molar-refractivity contribution in [3.63, 3.8) is 0 Å². The van der Waals surface area contributed by atoms with Crippen molar-refractivity contribution >= 4 is 39.8 Å². The number of para-hydroxylation sites is 1. The van der Waals surface area contributed by atoms with Gasteiger partial charge in [-0.05, 0) is 26.0 Å². The van der Waals surface area contributed by atoms with Gasteiger partial charge in [0.1, 0.15) is 0 Å². The molecule has 2 aromatic carbocycles. The molecule has 0 saturated carbocycles. The minimum Gasteiger partial charge on any atom is -0.367 e. The molecule has 1 amide bonds. The number of fused-ring (bicyclic) bond motifs is 1. The number of benzene rings is 2. The maximum absolute atomic E-state index is 13.4. The van der Waals surface area contributed by atoms with Crippen LogP contribution in [0.2, 0.25) is 5.02 Å². The number of anilines is 2. The highest BCUT2D eigenvalue weighted by molar-refractivity contribution is 6.33. The summed E-state index contributed by atoms with van der Waals surface area (Å²) in [6.45, 7) is 10.9. The minimum atomic E-state index is -0.0257. The van der Waals surface area contributed by atoms with Crippen LogP contribution in [0, 0.1) is 0 Å². The minimum absolute atomic E-state index is 0.0257. The Morgan fingerprint density at radius 2 is 1.41 bits per heavy atom. The Kier molecular flexibility index (Phi) is 6.57. The highest BCUT2D eigenvalue weighted by Gasteiger charge is 2.28. The van der Waals surface area contributed by atoms with Gasteiger partial charge >= 0.3 is 0 Å². The Balaban J connectivity index is 1.35. The van der Waals surface area contributed by atoms with E-state index < -0.39 is 0 Å². The van der Waals surface area contributed by atoms with E-state index in [1.807, 2.05) is 47.4 Å². The van der Waals surface area contributed by atoms with Crippen LogP contribution in [-0.4, -0.2) is 84.3 Å². The van der Waals surface area contributed by atoms with E-state index in [0.29, 0.717) is 11.7 Å². The predicted octanol–water partition coefficient (Wildman–Crippen LogP) is 3.78. The topological polar surface area (TPSA) is 55.8 Å². The van der Waals surface area contributed by atoms with Crippen LogP contribution in [0.5, 0.6) is 0 Å². The van der Waals surface area contributed by atoms with Crippen LogP contribution in [0.3, 0.4) is 0 Å². The molecule has 0 atom stereocenters. The molecule has 0 unspecified atom stereocenters. The highest BCUT2D eigenvalue weighted by Crippen LogP contribution is 2.30. The second kappa shape index (κ2) is 9.76. The molecule has 3 heterocycles. The summed E-state index contributed by atoms with van der Waals surface area (Å²) in [4.78, 5) is 22.3. The van der Waals surface area contributed by atoms with E-state index in [-0.39, 0.29) is 5.91 Å². The Morgan fingerprint density at radius 1 is 0.794 bits per heavy atom. The fraction of sp³-hybridized carbons (Fsp3) is 0.423. The van der Waals surface area contributed by atoms with Crippen molar-refractivity contribution in [1.82, 2.24) is 20.0 Å². The third-order valence-electron chi connectivity index (χ3n) is 6.97. The smallest absolute Gasteiger partial charge is 0.275 e. The first-order valence-electron chi connectivity index (χ1n) is 12.1. The summed E-state index contributed by atoms with van der Waals surface area (Å²) in [5.74, 6) is 0.817. The van der Waals surface area contributed by atoms with E-state index in [9.17, 15) is 4.79 Å². The first-order valence-corrected chi connectivity index (χ1v) is 12.4. The second-order valence-electron chi connectivity index (χ2n) is 9.27. The van der Waals surface area contributed by atoms with Crippen molar-refractivity contribution in [1.29, 1.82) is 0 Å². The van der Waals surface area contributed by atoms with Gasteiger partial charge in [-0.1, -0.05) is 48.0 Å². The molecule has 1 aromatic heterocycles. The Labute approximate surface area is 205 Å². The summed E-state index contributed by atoms with van der Waals surface area (Å²) in [5, 5.41) is 11.7. The summed E-state index contributed by atoms with van der Waals surface area (Å²) in [6, 6.07) is 16.5. The van der Waals surface area contributed by atoms with Gasteiger partial charge < -0.3 is 14.7 Å². The van der Waals surface area contributed by atoms with E-state index in [1.165, 1.54) is 0 Å². The fourth-order valence-electron chi connectivity index (χ4n) is 4.94. The number of aromatic nitrogens is 2. The van der Waals surface area contributed by atoms with Crippen molar-refractivity contribution in [2.75, 3.05) is 62.2 Å². The molecule has 2 saturated heterocycles. The molecule has 34 heavy (non-hydrogen) atoms. The molecule has 3 aromatic rings. The van der Waals surface area contributed by atoms with Gasteiger partial charge in [0.05, 0.1) is 10.7 Å². The molecule has 0 N–H and O–H groups in total. The third kappa shape index (κ3) is 4.42. The van der Waals surface area contributed by atoms with Crippen molar-refractivity contribution in [3.05, 3.63) is 59.2 Å². The molecule has 7 nitrogen and oxygen atoms in total. The molecule has 5 rings (SSSR count). The largest absolute Gasteiger partial charge is 0.367 e. The predicted molar refractivity (Wildman–Crippen MR) is 138 cm³/mol. The van der Waals surface area contributed by atoms with E-state index in [2.05, 4.69) is 44.8 Å². The lowest BCUT2D eigenvalue weighted by atomic mass is 10.1. The zero-order valence-corrected chi connectivity index (χ0v) is 20.6. The number of rotatable bonds is 4. The van der Waals surface area contributed by atoms with Gasteiger partial charge in [0.25, 0.3) is 5.91 Å². The SMILES string of the molecule is CC(C)N1CCN(C(=O)c2nnc(N3CCN(c4ccccc4Cl)CC3)c3ccccc23)CC1. The second-order valence-corrected chi connectivity index (χ2v) is 9.67. The van der Waals surface area contributed by atoms with Crippen LogP contribution < -0.4 is 9.80 Å². The van der Waals surface area contributed by atoms with Gasteiger partial charge in [-0.3, -0.25) is 9.69 Å². The lowest BCUT2D eigenvalue weighted by Gasteiger charge is -2.37. The lowest BCUT2D eigenvalue weighted by Crippen LogP contribution is -2.51. The van der Waals surface area contributed by atoms with Gasteiger partial charge in [0.15, 0.2) is 11.5 Å². The van der Waals surface area contributed by atoms with Crippen molar-refractivity contribution in [3.8, 4) is 0 Å². The maximum atomic E-state index is 13.4. The molecule has 0 spiro atoms. The molecule has 2 aliphatic heterocycles. The number of nitrogens with zero attached hydrogens (tertiary/aromatic N) is 6. The molecule has 0 bridgehead atoms. The first kappa shape index (κ1) is 22.9. The van der Waals surface area contributed by atoms with Crippen LogP contribution >= 0.6 is 11.6 Å². The number of carbonyl (C=O) groups is 1. The van der Waals surface area contributed by atoms with Crippen LogP contribution in [0.15, 0.2) is 48.5 Å². The van der Waals surface area contributed by atoms with E-state index in [0.717, 1.165) is 79.7 Å². The third-order valence-corrected chi connectivity index (χ3v) is 7.29. The van der Waals surface area contributed by atoms with Gasteiger partial charge in [0.2, 0.25) is 0 Å². The molecular weight excluding hydrogens is 448 g/mol. The molecule has 0 radical (unpaired) electrons. The monoisotopic (exact) mass is 478 g/mol. The zero-order valence-electron chi connectivity index (χ0n) is 19.8. The number of hydrogen-bond acceptors (Lipinski definition) is 6. The van der Waals surface area contributed by atoms with Gasteiger partial charge in [-0.25, -0.2) is 0 Å². The number of hydrogen-bond donors (Lipinski definition) is 0. The van der Waals surface area contributed by atoms with Gasteiger partial charge in [-0.2, -0.15) is 0 Å². The molecule has 178 valence electrons. The van der Waals surface area contributed by atoms with Crippen LogP contribution in [-0.2, 0) is 0 Å². The maximum Gasteiger partial charge on any atom is 0.275 e. The van der Waals surface area contributed by atoms with Gasteiger partial charge in [-0.15, -0.1) is 10.2 Å². The molecule has 2 fully saturated rings. The summed E-state index contributed by atoms with van der Waals surface area (Å²) in [5.41, 5.74) is 1.52. The average molecular weight is 479 g/mol. The Hall–Kier alpha value is -2.90. The standard InChI is InChI=1S/C26H31ClN6O/c1-19(2)30-11-17-33(18-12-30)26(34)24-20-7-3-4-8-21(20)25(29-28-24)32-15-13-31(14-16-32)23-10-6-5-9-22(23)27/h3-10,19H,11-18H2,1-2H3. The van der Waals surface area contributed by atoms with Crippen molar-refractivity contribution in [2.45, 2.75) is 19.9 Å². The average Bonchev–Trinajstić information content (AvgIpc) is 2.88. The Bertz CT molecular complexity index is 1170. The number of piperazine rings is 2. The summed E-state index contributed by atoms with van der Waals surface area (Å²) in [6.07, 6.45) is 0. The first-order chi connectivity index (χ1) is 16.5. The van der Waals surface area contributed by atoms with Crippen molar-refractivity contribution in [2.24, 2.45) is 0 Å². The zero-order chi connectivity index (χ0) is 23.7. The summed E-state index contributed by atoms with van der Waals surface area (Å²) >= 11 is 6.41. The fourth-order valence-corrected chi connectivity index (χ4v) is 5.20. The summed E-state index contributed by atoms with van der Waals surface area (Å²) in [7, 11) is 0. The van der Waals surface area contributed by atoms with E-state index >= 15 is 0 Å². The molecule has 8 heteroatoms.